The molecule has 0 saturated carbocycles. The van der Waals surface area contributed by atoms with Crippen LogP contribution in [0.2, 0.25) is 0 Å². The Bertz CT molecular complexity index is 342. The highest BCUT2D eigenvalue weighted by atomic mass is 16.5. The number of fused-ring (bicyclic) bond motifs is 1. The van der Waals surface area contributed by atoms with Crippen LogP contribution in [-0.4, -0.2) is 16.5 Å². The van der Waals surface area contributed by atoms with Gasteiger partial charge in [0, 0.05) is 6.42 Å². The SMILES string of the molecule is CCc1ccc(CC(O)O)c2c1CC2. The smallest absolute Gasteiger partial charge is 0.155 e. The number of rotatable bonds is 3. The van der Waals surface area contributed by atoms with Gasteiger partial charge in [0.15, 0.2) is 6.29 Å². The molecule has 1 aromatic rings. The molecule has 0 saturated heterocycles. The molecule has 0 fully saturated rings. The van der Waals surface area contributed by atoms with Crippen molar-refractivity contribution < 1.29 is 10.2 Å². The normalized spacial score (nSPS) is 14.0. The van der Waals surface area contributed by atoms with E-state index in [0.717, 1.165) is 24.8 Å². The second-order valence-corrected chi connectivity index (χ2v) is 3.88. The Morgan fingerprint density at radius 2 is 1.71 bits per heavy atom. The molecule has 0 aliphatic heterocycles. The lowest BCUT2D eigenvalue weighted by Gasteiger charge is -2.26. The number of benzene rings is 1. The summed E-state index contributed by atoms with van der Waals surface area (Å²) in [7, 11) is 0. The lowest BCUT2D eigenvalue weighted by molar-refractivity contribution is -0.0383. The first-order valence-electron chi connectivity index (χ1n) is 5.21. The van der Waals surface area contributed by atoms with E-state index in [9.17, 15) is 0 Å². The van der Waals surface area contributed by atoms with Crippen molar-refractivity contribution in [2.45, 2.75) is 38.9 Å². The molecule has 1 aliphatic rings. The third-order valence-corrected chi connectivity index (χ3v) is 3.03. The molecule has 0 atom stereocenters. The first-order valence-corrected chi connectivity index (χ1v) is 5.21. The predicted octanol–water partition coefficient (Wildman–Crippen LogP) is 1.20. The maximum absolute atomic E-state index is 8.93. The van der Waals surface area contributed by atoms with Crippen LogP contribution >= 0.6 is 0 Å². The molecule has 14 heavy (non-hydrogen) atoms. The van der Waals surface area contributed by atoms with Crippen molar-refractivity contribution in [1.82, 2.24) is 0 Å². The molecule has 2 heteroatoms. The fraction of sp³-hybridized carbons (Fsp3) is 0.500. The quantitative estimate of drug-likeness (QED) is 0.706. The summed E-state index contributed by atoms with van der Waals surface area (Å²) in [6.07, 6.45) is 2.49. The molecule has 76 valence electrons. The van der Waals surface area contributed by atoms with E-state index in [1.807, 2.05) is 6.07 Å². The van der Waals surface area contributed by atoms with Gasteiger partial charge in [0.25, 0.3) is 0 Å². The number of aliphatic hydroxyl groups excluding tert-OH is 1. The fourth-order valence-corrected chi connectivity index (χ4v) is 2.21. The average molecular weight is 192 g/mol. The Labute approximate surface area is 84.2 Å². The van der Waals surface area contributed by atoms with Crippen LogP contribution in [0.4, 0.5) is 0 Å². The molecule has 0 amide bonds. The third-order valence-electron chi connectivity index (χ3n) is 3.03. The summed E-state index contributed by atoms with van der Waals surface area (Å²) in [4.78, 5) is 0. The van der Waals surface area contributed by atoms with E-state index in [4.69, 9.17) is 10.2 Å². The van der Waals surface area contributed by atoms with Crippen molar-refractivity contribution >= 4 is 0 Å². The minimum Gasteiger partial charge on any atom is -0.368 e. The van der Waals surface area contributed by atoms with Gasteiger partial charge in [0.2, 0.25) is 0 Å². The zero-order valence-electron chi connectivity index (χ0n) is 8.45. The van der Waals surface area contributed by atoms with Crippen LogP contribution in [0.15, 0.2) is 12.1 Å². The number of hydrogen-bond acceptors (Lipinski definition) is 2. The monoisotopic (exact) mass is 192 g/mol. The third kappa shape index (κ3) is 1.56. The molecule has 0 aromatic heterocycles. The van der Waals surface area contributed by atoms with Crippen LogP contribution in [0.1, 0.15) is 29.2 Å². The van der Waals surface area contributed by atoms with Crippen molar-refractivity contribution in [2.75, 3.05) is 0 Å². The minimum absolute atomic E-state index is 0.367. The molecule has 0 heterocycles. The molecular weight excluding hydrogens is 176 g/mol. The number of hydrogen-bond donors (Lipinski definition) is 2. The first-order chi connectivity index (χ1) is 6.72. The Morgan fingerprint density at radius 3 is 2.21 bits per heavy atom. The summed E-state index contributed by atoms with van der Waals surface area (Å²) >= 11 is 0. The summed E-state index contributed by atoms with van der Waals surface area (Å²) in [5, 5.41) is 17.9. The lowest BCUT2D eigenvalue weighted by Crippen LogP contribution is -2.18. The first kappa shape index (κ1) is 9.69. The van der Waals surface area contributed by atoms with E-state index >= 15 is 0 Å². The van der Waals surface area contributed by atoms with Crippen molar-refractivity contribution in [3.8, 4) is 0 Å². The zero-order valence-corrected chi connectivity index (χ0v) is 8.45. The van der Waals surface area contributed by atoms with E-state index in [1.165, 1.54) is 16.7 Å². The largest absolute Gasteiger partial charge is 0.368 e. The maximum Gasteiger partial charge on any atom is 0.155 e. The van der Waals surface area contributed by atoms with Gasteiger partial charge in [-0.3, -0.25) is 0 Å². The summed E-state index contributed by atoms with van der Waals surface area (Å²) in [5.41, 5.74) is 5.34. The van der Waals surface area contributed by atoms with E-state index in [1.54, 1.807) is 0 Å². The summed E-state index contributed by atoms with van der Waals surface area (Å²) < 4.78 is 0. The second kappa shape index (κ2) is 3.71. The Morgan fingerprint density at radius 1 is 1.14 bits per heavy atom. The van der Waals surface area contributed by atoms with E-state index in [0.29, 0.717) is 6.42 Å². The minimum atomic E-state index is -1.22. The van der Waals surface area contributed by atoms with Crippen LogP contribution in [0.3, 0.4) is 0 Å². The molecule has 0 radical (unpaired) electrons. The van der Waals surface area contributed by atoms with Crippen molar-refractivity contribution in [3.05, 3.63) is 34.4 Å². The van der Waals surface area contributed by atoms with Gasteiger partial charge in [-0.15, -0.1) is 0 Å². The van der Waals surface area contributed by atoms with Gasteiger partial charge in [-0.2, -0.15) is 0 Å². The van der Waals surface area contributed by atoms with E-state index in [2.05, 4.69) is 13.0 Å². The van der Waals surface area contributed by atoms with Crippen LogP contribution in [-0.2, 0) is 25.7 Å². The summed E-state index contributed by atoms with van der Waals surface area (Å²) in [6.45, 7) is 2.16. The van der Waals surface area contributed by atoms with Crippen molar-refractivity contribution in [2.24, 2.45) is 0 Å². The van der Waals surface area contributed by atoms with Crippen LogP contribution < -0.4 is 0 Å². The van der Waals surface area contributed by atoms with Gasteiger partial charge >= 0.3 is 0 Å². The Balaban J connectivity index is 2.31. The summed E-state index contributed by atoms with van der Waals surface area (Å²) in [6, 6.07) is 4.16. The Kier molecular flexibility index (Phi) is 2.57. The van der Waals surface area contributed by atoms with Gasteiger partial charge in [0.05, 0.1) is 0 Å². The zero-order chi connectivity index (χ0) is 10.1. The molecule has 1 aliphatic carbocycles. The lowest BCUT2D eigenvalue weighted by atomic mass is 9.80. The fourth-order valence-electron chi connectivity index (χ4n) is 2.21. The van der Waals surface area contributed by atoms with Crippen molar-refractivity contribution in [3.63, 3.8) is 0 Å². The standard InChI is InChI=1S/C12H16O2/c1-2-8-3-4-9(7-12(13)14)11-6-5-10(8)11/h3-4,12-14H,2,5-7H2,1H3. The van der Waals surface area contributed by atoms with Gasteiger partial charge in [-0.1, -0.05) is 19.1 Å². The molecule has 0 spiro atoms. The molecule has 2 rings (SSSR count). The highest BCUT2D eigenvalue weighted by Crippen LogP contribution is 2.30. The molecular formula is C12H16O2. The molecule has 2 nitrogen and oxygen atoms in total. The van der Waals surface area contributed by atoms with Gasteiger partial charge in [-0.25, -0.2) is 0 Å². The predicted molar refractivity (Wildman–Crippen MR) is 55.2 cm³/mol. The van der Waals surface area contributed by atoms with Crippen molar-refractivity contribution in [1.29, 1.82) is 0 Å². The van der Waals surface area contributed by atoms with Crippen LogP contribution in [0.5, 0.6) is 0 Å². The molecule has 0 unspecified atom stereocenters. The van der Waals surface area contributed by atoms with Gasteiger partial charge in [-0.05, 0) is 41.5 Å². The number of aliphatic hydroxyl groups is 2. The topological polar surface area (TPSA) is 40.5 Å². The van der Waals surface area contributed by atoms with E-state index < -0.39 is 6.29 Å². The van der Waals surface area contributed by atoms with Crippen LogP contribution in [0, 0.1) is 0 Å². The highest BCUT2D eigenvalue weighted by Gasteiger charge is 2.20. The Hall–Kier alpha value is -0.860. The second-order valence-electron chi connectivity index (χ2n) is 3.88. The number of aryl methyl sites for hydroxylation is 1. The summed E-state index contributed by atoms with van der Waals surface area (Å²) in [5.74, 6) is 0. The molecule has 1 aromatic carbocycles. The highest BCUT2D eigenvalue weighted by molar-refractivity contribution is 5.47. The maximum atomic E-state index is 8.93. The van der Waals surface area contributed by atoms with Crippen LogP contribution in [0.25, 0.3) is 0 Å². The average Bonchev–Trinajstić information content (AvgIpc) is 2.06. The molecule has 0 bridgehead atoms. The van der Waals surface area contributed by atoms with Gasteiger partial charge < -0.3 is 10.2 Å². The van der Waals surface area contributed by atoms with E-state index in [-0.39, 0.29) is 0 Å². The van der Waals surface area contributed by atoms with Gasteiger partial charge in [0.1, 0.15) is 0 Å². The molecule has 2 N–H and O–H groups in total.